The van der Waals surface area contributed by atoms with Crippen molar-refractivity contribution in [3.05, 3.63) is 29.3 Å². The van der Waals surface area contributed by atoms with Crippen LogP contribution in [0.25, 0.3) is 0 Å². The van der Waals surface area contributed by atoms with Crippen molar-refractivity contribution in [1.29, 1.82) is 0 Å². The summed E-state index contributed by atoms with van der Waals surface area (Å²) in [6.45, 7) is 5.32. The van der Waals surface area contributed by atoms with Crippen molar-refractivity contribution in [2.24, 2.45) is 10.4 Å². The number of nitrogens with one attached hydrogen (secondary N) is 1. The third-order valence-electron chi connectivity index (χ3n) is 5.53. The van der Waals surface area contributed by atoms with Crippen LogP contribution >= 0.6 is 24.0 Å². The normalized spacial score (nSPS) is 19.0. The Kier molecular flexibility index (Phi) is 6.78. The average molecular weight is 443 g/mol. The maximum Gasteiger partial charge on any atom is 0.193 e. The van der Waals surface area contributed by atoms with Gasteiger partial charge in [-0.3, -0.25) is 4.99 Å². The summed E-state index contributed by atoms with van der Waals surface area (Å²) >= 11 is 0. The van der Waals surface area contributed by atoms with E-state index in [4.69, 9.17) is 4.74 Å². The fraction of sp³-hybridized carbons (Fsp3) is 0.632. The van der Waals surface area contributed by atoms with E-state index in [1.54, 1.807) is 7.11 Å². The molecule has 0 amide bonds. The first-order chi connectivity index (χ1) is 11.2. The van der Waals surface area contributed by atoms with Crippen molar-refractivity contribution in [2.75, 3.05) is 33.8 Å². The summed E-state index contributed by atoms with van der Waals surface area (Å²) in [5.74, 6) is 2.03. The lowest BCUT2D eigenvalue weighted by Gasteiger charge is -2.38. The molecule has 0 aromatic heterocycles. The van der Waals surface area contributed by atoms with Gasteiger partial charge in [0.1, 0.15) is 5.75 Å². The molecular weight excluding hydrogens is 413 g/mol. The van der Waals surface area contributed by atoms with Gasteiger partial charge in [-0.15, -0.1) is 24.0 Å². The highest BCUT2D eigenvalue weighted by molar-refractivity contribution is 14.0. The lowest BCUT2D eigenvalue weighted by atomic mass is 9.68. The molecule has 0 unspecified atom stereocenters. The molecule has 134 valence electrons. The van der Waals surface area contributed by atoms with Gasteiger partial charge in [-0.1, -0.05) is 18.6 Å². The van der Waals surface area contributed by atoms with Crippen molar-refractivity contribution in [3.63, 3.8) is 0 Å². The molecule has 24 heavy (non-hydrogen) atoms. The number of guanidine groups is 1. The minimum atomic E-state index is 0. The Balaban J connectivity index is 0.00000208. The molecule has 1 spiro atoms. The van der Waals surface area contributed by atoms with Gasteiger partial charge in [0, 0.05) is 26.7 Å². The van der Waals surface area contributed by atoms with Gasteiger partial charge in [0.25, 0.3) is 0 Å². The molecule has 2 fully saturated rings. The van der Waals surface area contributed by atoms with Crippen LogP contribution in [0.5, 0.6) is 5.75 Å². The number of rotatable bonds is 4. The van der Waals surface area contributed by atoms with Gasteiger partial charge in [-0.05, 0) is 55.2 Å². The largest absolute Gasteiger partial charge is 0.496 e. The predicted octanol–water partition coefficient (Wildman–Crippen LogP) is 3.62. The Morgan fingerprint density at radius 3 is 2.71 bits per heavy atom. The Morgan fingerprint density at radius 1 is 1.33 bits per heavy atom. The van der Waals surface area contributed by atoms with Gasteiger partial charge in [-0.25, -0.2) is 0 Å². The van der Waals surface area contributed by atoms with Crippen LogP contribution in [-0.4, -0.2) is 44.7 Å². The fourth-order valence-corrected chi connectivity index (χ4v) is 3.87. The number of nitrogens with zero attached hydrogens (tertiary/aromatic N) is 2. The summed E-state index contributed by atoms with van der Waals surface area (Å²) in [6.07, 6.45) is 6.54. The van der Waals surface area contributed by atoms with Crippen LogP contribution in [-0.2, 0) is 6.42 Å². The van der Waals surface area contributed by atoms with Gasteiger partial charge < -0.3 is 15.0 Å². The first-order valence-corrected chi connectivity index (χ1v) is 8.75. The summed E-state index contributed by atoms with van der Waals surface area (Å²) in [5.41, 5.74) is 3.09. The molecule has 0 bridgehead atoms. The number of aliphatic imine (C=N–C) groups is 1. The molecule has 1 N–H and O–H groups in total. The number of likely N-dealkylation sites (tertiary alicyclic amines) is 1. The topological polar surface area (TPSA) is 36.9 Å². The maximum absolute atomic E-state index is 5.40. The summed E-state index contributed by atoms with van der Waals surface area (Å²) in [5, 5.41) is 3.53. The highest BCUT2D eigenvalue weighted by Gasteiger charge is 2.43. The molecule has 1 aromatic rings. The third kappa shape index (κ3) is 4.16. The monoisotopic (exact) mass is 443 g/mol. The predicted molar refractivity (Wildman–Crippen MR) is 111 cm³/mol. The summed E-state index contributed by atoms with van der Waals surface area (Å²) in [7, 11) is 3.62. The van der Waals surface area contributed by atoms with Gasteiger partial charge in [0.2, 0.25) is 0 Å². The van der Waals surface area contributed by atoms with Crippen LogP contribution in [0.1, 0.15) is 36.8 Å². The van der Waals surface area contributed by atoms with Crippen molar-refractivity contribution in [2.45, 2.75) is 39.0 Å². The van der Waals surface area contributed by atoms with Crippen molar-refractivity contribution in [1.82, 2.24) is 10.2 Å². The number of aryl methyl sites for hydroxylation is 1. The number of benzene rings is 1. The van der Waals surface area contributed by atoms with E-state index in [1.165, 1.54) is 43.4 Å². The lowest BCUT2D eigenvalue weighted by Crippen LogP contribution is -2.43. The molecule has 0 radical (unpaired) electrons. The standard InChI is InChI=1S/C19H29N3O.HI/c1-15-5-6-16(13-17(15)23-3)7-11-21-18(20-2)22-12-10-19(14-22)8-4-9-19;/h5-6,13H,4,7-12,14H2,1-3H3,(H,20,21);1H. The smallest absolute Gasteiger partial charge is 0.193 e. The zero-order chi connectivity index (χ0) is 16.3. The molecule has 1 aromatic carbocycles. The molecule has 1 saturated heterocycles. The van der Waals surface area contributed by atoms with Crippen LogP contribution < -0.4 is 10.1 Å². The minimum Gasteiger partial charge on any atom is -0.496 e. The number of methoxy groups -OCH3 is 1. The van der Waals surface area contributed by atoms with E-state index in [-0.39, 0.29) is 24.0 Å². The SMILES string of the molecule is CN=C(NCCc1ccc(C)c(OC)c1)N1CCC2(CCC2)C1.I. The number of hydrogen-bond acceptors (Lipinski definition) is 2. The molecule has 1 aliphatic carbocycles. The Morgan fingerprint density at radius 2 is 2.12 bits per heavy atom. The number of ether oxygens (including phenoxy) is 1. The van der Waals surface area contributed by atoms with Gasteiger partial charge in [0.15, 0.2) is 5.96 Å². The molecule has 2 aliphatic rings. The molecular formula is C19H30IN3O. The fourth-order valence-electron chi connectivity index (χ4n) is 3.87. The van der Waals surface area contributed by atoms with Crippen LogP contribution in [0.3, 0.4) is 0 Å². The Bertz CT molecular complexity index is 584. The minimum absolute atomic E-state index is 0. The zero-order valence-electron chi connectivity index (χ0n) is 15.1. The van der Waals surface area contributed by atoms with Gasteiger partial charge in [-0.2, -0.15) is 0 Å². The van der Waals surface area contributed by atoms with E-state index >= 15 is 0 Å². The summed E-state index contributed by atoms with van der Waals surface area (Å²) in [6, 6.07) is 6.45. The van der Waals surface area contributed by atoms with Crippen LogP contribution in [0, 0.1) is 12.3 Å². The molecule has 5 heteroatoms. The number of halogens is 1. The average Bonchev–Trinajstić information content (AvgIpc) is 2.99. The molecule has 1 aliphatic heterocycles. The van der Waals surface area contributed by atoms with E-state index in [0.717, 1.165) is 31.2 Å². The van der Waals surface area contributed by atoms with E-state index in [1.807, 2.05) is 7.05 Å². The van der Waals surface area contributed by atoms with Crippen molar-refractivity contribution < 1.29 is 4.74 Å². The molecule has 3 rings (SSSR count). The van der Waals surface area contributed by atoms with E-state index in [2.05, 4.69) is 40.3 Å². The van der Waals surface area contributed by atoms with Crippen molar-refractivity contribution >= 4 is 29.9 Å². The van der Waals surface area contributed by atoms with Crippen molar-refractivity contribution in [3.8, 4) is 5.75 Å². The summed E-state index contributed by atoms with van der Waals surface area (Å²) in [4.78, 5) is 6.92. The first kappa shape index (κ1) is 19.3. The Labute approximate surface area is 163 Å². The second-order valence-electron chi connectivity index (χ2n) is 7.05. The quantitative estimate of drug-likeness (QED) is 0.439. The summed E-state index contributed by atoms with van der Waals surface area (Å²) < 4.78 is 5.40. The third-order valence-corrected chi connectivity index (χ3v) is 5.53. The van der Waals surface area contributed by atoms with Gasteiger partial charge in [0.05, 0.1) is 7.11 Å². The van der Waals surface area contributed by atoms with Crippen LogP contribution in [0.4, 0.5) is 0 Å². The van der Waals surface area contributed by atoms with E-state index in [9.17, 15) is 0 Å². The van der Waals surface area contributed by atoms with Crippen LogP contribution in [0.15, 0.2) is 23.2 Å². The molecule has 1 heterocycles. The second-order valence-corrected chi connectivity index (χ2v) is 7.05. The maximum atomic E-state index is 5.40. The first-order valence-electron chi connectivity index (χ1n) is 8.75. The van der Waals surface area contributed by atoms with Crippen LogP contribution in [0.2, 0.25) is 0 Å². The zero-order valence-corrected chi connectivity index (χ0v) is 17.4. The van der Waals surface area contributed by atoms with E-state index in [0.29, 0.717) is 5.41 Å². The lowest BCUT2D eigenvalue weighted by molar-refractivity contribution is 0.151. The molecule has 1 saturated carbocycles. The molecule has 0 atom stereocenters. The second kappa shape index (κ2) is 8.41. The molecule has 4 nitrogen and oxygen atoms in total. The highest BCUT2D eigenvalue weighted by atomic mass is 127. The van der Waals surface area contributed by atoms with Gasteiger partial charge >= 0.3 is 0 Å². The van der Waals surface area contributed by atoms with E-state index < -0.39 is 0 Å². The Hall–Kier alpha value is -0.980. The highest BCUT2D eigenvalue weighted by Crippen LogP contribution is 2.47. The number of hydrogen-bond donors (Lipinski definition) is 1.